The highest BCUT2D eigenvalue weighted by Gasteiger charge is 2.32. The first kappa shape index (κ1) is 16.0. The van der Waals surface area contributed by atoms with Gasteiger partial charge in [-0.1, -0.05) is 6.92 Å². The summed E-state index contributed by atoms with van der Waals surface area (Å²) < 4.78 is 2.02. The molecule has 1 saturated carbocycles. The SMILES string of the molecule is CCCNCCNC(=O)c1cc(C2CC2)n(C(C)(C)C)n1. The maximum atomic E-state index is 12.2. The van der Waals surface area contributed by atoms with Crippen LogP contribution in [0.1, 0.15) is 69.1 Å². The van der Waals surface area contributed by atoms with Gasteiger partial charge in [-0.3, -0.25) is 9.48 Å². The van der Waals surface area contributed by atoms with E-state index < -0.39 is 0 Å². The highest BCUT2D eigenvalue weighted by atomic mass is 16.1. The Labute approximate surface area is 127 Å². The van der Waals surface area contributed by atoms with Gasteiger partial charge in [0.2, 0.25) is 0 Å². The lowest BCUT2D eigenvalue weighted by Crippen LogP contribution is -2.32. The van der Waals surface area contributed by atoms with Gasteiger partial charge in [0, 0.05) is 24.7 Å². The summed E-state index contributed by atoms with van der Waals surface area (Å²) in [6.07, 6.45) is 3.53. The topological polar surface area (TPSA) is 58.9 Å². The third-order valence-corrected chi connectivity index (χ3v) is 3.61. The minimum absolute atomic E-state index is 0.0711. The molecule has 1 aliphatic rings. The molecule has 5 heteroatoms. The second-order valence-electron chi connectivity index (χ2n) is 6.82. The molecule has 0 bridgehead atoms. The van der Waals surface area contributed by atoms with Gasteiger partial charge < -0.3 is 10.6 Å². The zero-order chi connectivity index (χ0) is 15.5. The van der Waals surface area contributed by atoms with Crippen molar-refractivity contribution in [1.29, 1.82) is 0 Å². The fraction of sp³-hybridized carbons (Fsp3) is 0.750. The van der Waals surface area contributed by atoms with E-state index in [-0.39, 0.29) is 11.4 Å². The minimum atomic E-state index is -0.0842. The van der Waals surface area contributed by atoms with Gasteiger partial charge in [-0.2, -0.15) is 5.10 Å². The van der Waals surface area contributed by atoms with Crippen LogP contribution in [0.15, 0.2) is 6.07 Å². The van der Waals surface area contributed by atoms with Gasteiger partial charge in [0.1, 0.15) is 5.69 Å². The lowest BCUT2D eigenvalue weighted by Gasteiger charge is -2.22. The van der Waals surface area contributed by atoms with E-state index in [0.717, 1.165) is 19.5 Å². The Bertz CT molecular complexity index is 483. The van der Waals surface area contributed by atoms with Crippen LogP contribution in [0.3, 0.4) is 0 Å². The molecule has 21 heavy (non-hydrogen) atoms. The number of amides is 1. The van der Waals surface area contributed by atoms with E-state index in [1.54, 1.807) is 0 Å². The van der Waals surface area contributed by atoms with E-state index in [9.17, 15) is 4.79 Å². The van der Waals surface area contributed by atoms with E-state index >= 15 is 0 Å². The summed E-state index contributed by atoms with van der Waals surface area (Å²) in [4.78, 5) is 12.2. The molecule has 2 N–H and O–H groups in total. The molecule has 1 fully saturated rings. The van der Waals surface area contributed by atoms with E-state index in [1.165, 1.54) is 18.5 Å². The number of hydrogen-bond donors (Lipinski definition) is 2. The van der Waals surface area contributed by atoms with Gasteiger partial charge in [-0.05, 0) is 52.6 Å². The van der Waals surface area contributed by atoms with Gasteiger partial charge >= 0.3 is 0 Å². The van der Waals surface area contributed by atoms with Crippen molar-refractivity contribution in [2.24, 2.45) is 0 Å². The number of hydrogen-bond acceptors (Lipinski definition) is 3. The normalized spacial score (nSPS) is 15.2. The Hall–Kier alpha value is -1.36. The fourth-order valence-electron chi connectivity index (χ4n) is 2.37. The van der Waals surface area contributed by atoms with E-state index in [0.29, 0.717) is 18.2 Å². The van der Waals surface area contributed by atoms with Crippen LogP contribution in [0.4, 0.5) is 0 Å². The van der Waals surface area contributed by atoms with Gasteiger partial charge in [-0.25, -0.2) is 0 Å². The number of aromatic nitrogens is 2. The summed E-state index contributed by atoms with van der Waals surface area (Å²) in [7, 11) is 0. The van der Waals surface area contributed by atoms with Crippen LogP contribution in [0.25, 0.3) is 0 Å². The van der Waals surface area contributed by atoms with Gasteiger partial charge in [0.25, 0.3) is 5.91 Å². The first-order valence-corrected chi connectivity index (χ1v) is 8.03. The van der Waals surface area contributed by atoms with Crippen LogP contribution in [0.2, 0.25) is 0 Å². The molecule has 0 aliphatic heterocycles. The van der Waals surface area contributed by atoms with Crippen LogP contribution >= 0.6 is 0 Å². The molecule has 0 unspecified atom stereocenters. The Kier molecular flexibility index (Phi) is 5.04. The summed E-state index contributed by atoms with van der Waals surface area (Å²) in [5.74, 6) is 0.516. The molecule has 0 aromatic carbocycles. The highest BCUT2D eigenvalue weighted by molar-refractivity contribution is 5.92. The van der Waals surface area contributed by atoms with Crippen molar-refractivity contribution in [3.63, 3.8) is 0 Å². The predicted octanol–water partition coefficient (Wildman–Crippen LogP) is 2.24. The quantitative estimate of drug-likeness (QED) is 0.758. The minimum Gasteiger partial charge on any atom is -0.349 e. The average molecular weight is 292 g/mol. The van der Waals surface area contributed by atoms with Crippen molar-refractivity contribution < 1.29 is 4.79 Å². The standard InChI is InChI=1S/C16H28N4O/c1-5-8-17-9-10-18-15(21)13-11-14(12-6-7-12)20(19-13)16(2,3)4/h11-12,17H,5-10H2,1-4H3,(H,18,21). The number of carbonyl (C=O) groups is 1. The first-order valence-electron chi connectivity index (χ1n) is 8.03. The monoisotopic (exact) mass is 292 g/mol. The Morgan fingerprint density at radius 1 is 1.33 bits per heavy atom. The van der Waals surface area contributed by atoms with Crippen molar-refractivity contribution in [3.05, 3.63) is 17.5 Å². The predicted molar refractivity (Wildman–Crippen MR) is 84.7 cm³/mol. The van der Waals surface area contributed by atoms with Crippen molar-refractivity contribution in [3.8, 4) is 0 Å². The molecule has 2 rings (SSSR count). The van der Waals surface area contributed by atoms with Crippen LogP contribution < -0.4 is 10.6 Å². The van der Waals surface area contributed by atoms with E-state index in [4.69, 9.17) is 0 Å². The molecule has 0 saturated heterocycles. The maximum Gasteiger partial charge on any atom is 0.271 e. The molecule has 1 aromatic heterocycles. The first-order chi connectivity index (χ1) is 9.93. The Morgan fingerprint density at radius 2 is 2.05 bits per heavy atom. The Morgan fingerprint density at radius 3 is 2.62 bits per heavy atom. The number of nitrogens with zero attached hydrogens (tertiary/aromatic N) is 2. The second kappa shape index (κ2) is 6.60. The maximum absolute atomic E-state index is 12.2. The summed E-state index contributed by atoms with van der Waals surface area (Å²) in [6, 6.07) is 1.97. The summed E-state index contributed by atoms with van der Waals surface area (Å²) in [5.41, 5.74) is 1.66. The molecule has 1 amide bonds. The zero-order valence-electron chi connectivity index (χ0n) is 13.7. The third-order valence-electron chi connectivity index (χ3n) is 3.61. The largest absolute Gasteiger partial charge is 0.349 e. The molecule has 0 spiro atoms. The van der Waals surface area contributed by atoms with Crippen molar-refractivity contribution in [2.75, 3.05) is 19.6 Å². The molecular weight excluding hydrogens is 264 g/mol. The number of rotatable bonds is 7. The summed E-state index contributed by atoms with van der Waals surface area (Å²) >= 11 is 0. The van der Waals surface area contributed by atoms with E-state index in [2.05, 4.69) is 43.4 Å². The van der Waals surface area contributed by atoms with Crippen molar-refractivity contribution >= 4 is 5.91 Å². The Balaban J connectivity index is 1.98. The average Bonchev–Trinajstić information content (AvgIpc) is 3.15. The van der Waals surface area contributed by atoms with Crippen molar-refractivity contribution in [1.82, 2.24) is 20.4 Å². The third kappa shape index (κ3) is 4.30. The van der Waals surface area contributed by atoms with Gasteiger partial charge in [0.05, 0.1) is 5.54 Å². The molecule has 118 valence electrons. The molecule has 0 radical (unpaired) electrons. The molecule has 1 aliphatic carbocycles. The molecule has 1 heterocycles. The van der Waals surface area contributed by atoms with E-state index in [1.807, 2.05) is 10.7 Å². The van der Waals surface area contributed by atoms with Crippen molar-refractivity contribution in [2.45, 2.75) is 58.4 Å². The molecule has 1 aromatic rings. The van der Waals surface area contributed by atoms with Crippen LogP contribution in [0, 0.1) is 0 Å². The zero-order valence-corrected chi connectivity index (χ0v) is 13.7. The highest BCUT2D eigenvalue weighted by Crippen LogP contribution is 2.41. The lowest BCUT2D eigenvalue weighted by molar-refractivity contribution is 0.0947. The lowest BCUT2D eigenvalue weighted by atomic mass is 10.1. The van der Waals surface area contributed by atoms with Gasteiger partial charge in [-0.15, -0.1) is 0 Å². The number of carbonyl (C=O) groups excluding carboxylic acids is 1. The van der Waals surface area contributed by atoms with Gasteiger partial charge in [0.15, 0.2) is 0 Å². The van der Waals surface area contributed by atoms with Crippen LogP contribution in [-0.2, 0) is 5.54 Å². The number of nitrogens with one attached hydrogen (secondary N) is 2. The molecular formula is C16H28N4O. The van der Waals surface area contributed by atoms with Crippen LogP contribution in [-0.4, -0.2) is 35.3 Å². The van der Waals surface area contributed by atoms with Crippen LogP contribution in [0.5, 0.6) is 0 Å². The fourth-order valence-corrected chi connectivity index (χ4v) is 2.37. The summed E-state index contributed by atoms with van der Waals surface area (Å²) in [6.45, 7) is 10.9. The summed E-state index contributed by atoms with van der Waals surface area (Å²) in [5, 5.41) is 10.7. The molecule has 5 nitrogen and oxygen atoms in total. The molecule has 0 atom stereocenters. The second-order valence-corrected chi connectivity index (χ2v) is 6.82. The smallest absolute Gasteiger partial charge is 0.271 e.